The summed E-state index contributed by atoms with van der Waals surface area (Å²) in [6.07, 6.45) is 3.21. The molecule has 4 heteroatoms. The highest BCUT2D eigenvalue weighted by atomic mass is 79.9. The van der Waals surface area contributed by atoms with Crippen LogP contribution in [0.4, 0.5) is 4.39 Å². The molecule has 0 spiro atoms. The highest BCUT2D eigenvalue weighted by Gasteiger charge is 2.39. The van der Waals surface area contributed by atoms with Gasteiger partial charge in [-0.05, 0) is 54.7 Å². The highest BCUT2D eigenvalue weighted by molar-refractivity contribution is 9.10. The molecule has 0 aliphatic heterocycles. The quantitative estimate of drug-likeness (QED) is 0.862. The predicted molar refractivity (Wildman–Crippen MR) is 87.9 cm³/mol. The average molecular weight is 362 g/mol. The first-order valence-corrected chi connectivity index (χ1v) is 8.18. The Morgan fingerprint density at radius 1 is 1.18 bits per heavy atom. The van der Waals surface area contributed by atoms with Crippen molar-refractivity contribution in [1.82, 2.24) is 5.32 Å². The number of amides is 1. The van der Waals surface area contributed by atoms with Gasteiger partial charge in [0.15, 0.2) is 0 Å². The summed E-state index contributed by atoms with van der Waals surface area (Å²) in [5.74, 6) is -0.371. The summed E-state index contributed by atoms with van der Waals surface area (Å²) in [4.78, 5) is 12.3. The van der Waals surface area contributed by atoms with Gasteiger partial charge in [0.2, 0.25) is 5.91 Å². The normalized spacial score (nSPS) is 15.9. The van der Waals surface area contributed by atoms with Crippen molar-refractivity contribution in [2.75, 3.05) is 0 Å². The van der Waals surface area contributed by atoms with Gasteiger partial charge < -0.3 is 5.32 Å². The zero-order chi connectivity index (χ0) is 15.6. The lowest BCUT2D eigenvalue weighted by molar-refractivity contribution is -0.123. The van der Waals surface area contributed by atoms with E-state index in [4.69, 9.17) is 0 Å². The molecule has 0 aromatic heterocycles. The van der Waals surface area contributed by atoms with Crippen LogP contribution in [0.1, 0.15) is 30.4 Å². The Labute approximate surface area is 137 Å². The summed E-state index contributed by atoms with van der Waals surface area (Å²) in [6.45, 7) is 0. The SMILES string of the molecule is O=C(Cc1cccc(F)c1)NC1(c2ccc(Br)cc2)CCC1. The zero-order valence-corrected chi connectivity index (χ0v) is 13.7. The van der Waals surface area contributed by atoms with Crippen molar-refractivity contribution in [1.29, 1.82) is 0 Å². The summed E-state index contributed by atoms with van der Waals surface area (Å²) in [5, 5.41) is 3.16. The van der Waals surface area contributed by atoms with Crippen molar-refractivity contribution >= 4 is 21.8 Å². The van der Waals surface area contributed by atoms with E-state index in [-0.39, 0.29) is 23.7 Å². The lowest BCUT2D eigenvalue weighted by Crippen LogP contribution is -2.51. The van der Waals surface area contributed by atoms with Crippen LogP contribution in [0.5, 0.6) is 0 Å². The maximum absolute atomic E-state index is 13.2. The number of rotatable bonds is 4. The summed E-state index contributed by atoms with van der Waals surface area (Å²) >= 11 is 3.43. The Hall–Kier alpha value is -1.68. The molecule has 0 unspecified atom stereocenters. The minimum absolute atomic E-state index is 0.0618. The molecule has 1 aliphatic rings. The minimum Gasteiger partial charge on any atom is -0.346 e. The van der Waals surface area contributed by atoms with Gasteiger partial charge in [0, 0.05) is 4.47 Å². The van der Waals surface area contributed by atoms with E-state index in [0.29, 0.717) is 5.56 Å². The Bertz CT molecular complexity index is 680. The summed E-state index contributed by atoms with van der Waals surface area (Å²) < 4.78 is 14.2. The Morgan fingerprint density at radius 2 is 1.91 bits per heavy atom. The van der Waals surface area contributed by atoms with Gasteiger partial charge in [0.25, 0.3) is 0 Å². The Kier molecular flexibility index (Phi) is 4.30. The maximum Gasteiger partial charge on any atom is 0.225 e. The van der Waals surface area contributed by atoms with Crippen molar-refractivity contribution in [3.63, 3.8) is 0 Å². The van der Waals surface area contributed by atoms with Gasteiger partial charge in [-0.15, -0.1) is 0 Å². The smallest absolute Gasteiger partial charge is 0.225 e. The monoisotopic (exact) mass is 361 g/mol. The van der Waals surface area contributed by atoms with Gasteiger partial charge in [-0.2, -0.15) is 0 Å². The van der Waals surface area contributed by atoms with Crippen LogP contribution in [-0.2, 0) is 16.8 Å². The molecule has 0 bridgehead atoms. The molecular weight excluding hydrogens is 345 g/mol. The standard InChI is InChI=1S/C18H17BrFNO/c19-15-7-5-14(6-8-15)18(9-2-10-18)21-17(22)12-13-3-1-4-16(20)11-13/h1,3-8,11H,2,9-10,12H2,(H,21,22). The third kappa shape index (κ3) is 3.22. The number of carbonyl (C=O) groups is 1. The molecule has 2 aromatic rings. The van der Waals surface area contributed by atoms with Crippen LogP contribution in [0, 0.1) is 5.82 Å². The first kappa shape index (κ1) is 15.2. The summed E-state index contributed by atoms with van der Waals surface area (Å²) in [6, 6.07) is 14.3. The van der Waals surface area contributed by atoms with E-state index in [0.717, 1.165) is 29.3 Å². The van der Waals surface area contributed by atoms with Gasteiger partial charge in [0.05, 0.1) is 12.0 Å². The molecule has 1 amide bonds. The molecule has 0 saturated heterocycles. The molecule has 1 saturated carbocycles. The number of halogens is 2. The molecule has 1 fully saturated rings. The molecular formula is C18H17BrFNO. The van der Waals surface area contributed by atoms with Crippen LogP contribution in [-0.4, -0.2) is 5.91 Å². The third-order valence-electron chi connectivity index (χ3n) is 4.24. The van der Waals surface area contributed by atoms with Gasteiger partial charge in [0.1, 0.15) is 5.82 Å². The summed E-state index contributed by atoms with van der Waals surface area (Å²) in [7, 11) is 0. The van der Waals surface area contributed by atoms with Gasteiger partial charge in [-0.1, -0.05) is 40.2 Å². The third-order valence-corrected chi connectivity index (χ3v) is 4.76. The van der Waals surface area contributed by atoms with Crippen molar-refractivity contribution in [3.05, 3.63) is 69.9 Å². The fourth-order valence-electron chi connectivity index (χ4n) is 2.93. The van der Waals surface area contributed by atoms with Crippen LogP contribution in [0.2, 0.25) is 0 Å². The number of benzene rings is 2. The molecule has 22 heavy (non-hydrogen) atoms. The largest absolute Gasteiger partial charge is 0.346 e. The van der Waals surface area contributed by atoms with E-state index < -0.39 is 0 Å². The second kappa shape index (κ2) is 6.21. The first-order valence-electron chi connectivity index (χ1n) is 7.39. The minimum atomic E-state index is -0.309. The van der Waals surface area contributed by atoms with Gasteiger partial charge >= 0.3 is 0 Å². The van der Waals surface area contributed by atoms with Crippen LogP contribution in [0.25, 0.3) is 0 Å². The summed E-state index contributed by atoms with van der Waals surface area (Å²) in [5.41, 5.74) is 1.57. The fourth-order valence-corrected chi connectivity index (χ4v) is 3.19. The lowest BCUT2D eigenvalue weighted by Gasteiger charge is -2.43. The number of hydrogen-bond donors (Lipinski definition) is 1. The molecule has 0 radical (unpaired) electrons. The molecule has 1 aliphatic carbocycles. The van der Waals surface area contributed by atoms with Crippen LogP contribution in [0.15, 0.2) is 53.0 Å². The Balaban J connectivity index is 1.72. The molecule has 2 aromatic carbocycles. The molecule has 114 valence electrons. The van der Waals surface area contributed by atoms with Gasteiger partial charge in [-0.3, -0.25) is 4.79 Å². The van der Waals surface area contributed by atoms with E-state index in [1.54, 1.807) is 12.1 Å². The second-order valence-electron chi connectivity index (χ2n) is 5.80. The molecule has 2 nitrogen and oxygen atoms in total. The first-order chi connectivity index (χ1) is 10.6. The molecule has 1 N–H and O–H groups in total. The van der Waals surface area contributed by atoms with Crippen LogP contribution in [0.3, 0.4) is 0 Å². The average Bonchev–Trinajstić information content (AvgIpc) is 2.44. The van der Waals surface area contributed by atoms with E-state index in [1.165, 1.54) is 12.1 Å². The van der Waals surface area contributed by atoms with Crippen molar-refractivity contribution in [2.24, 2.45) is 0 Å². The number of hydrogen-bond acceptors (Lipinski definition) is 1. The van der Waals surface area contributed by atoms with Crippen LogP contribution >= 0.6 is 15.9 Å². The lowest BCUT2D eigenvalue weighted by atomic mass is 9.71. The second-order valence-corrected chi connectivity index (χ2v) is 6.71. The number of carbonyl (C=O) groups excluding carboxylic acids is 1. The van der Waals surface area contributed by atoms with Crippen molar-refractivity contribution < 1.29 is 9.18 Å². The van der Waals surface area contributed by atoms with E-state index in [2.05, 4.69) is 21.2 Å². The highest BCUT2D eigenvalue weighted by Crippen LogP contribution is 2.41. The zero-order valence-electron chi connectivity index (χ0n) is 12.1. The maximum atomic E-state index is 13.2. The Morgan fingerprint density at radius 3 is 2.50 bits per heavy atom. The predicted octanol–water partition coefficient (Wildman–Crippen LogP) is 4.33. The van der Waals surface area contributed by atoms with E-state index >= 15 is 0 Å². The van der Waals surface area contributed by atoms with Gasteiger partial charge in [-0.25, -0.2) is 4.39 Å². The van der Waals surface area contributed by atoms with E-state index in [9.17, 15) is 9.18 Å². The number of nitrogens with one attached hydrogen (secondary N) is 1. The van der Waals surface area contributed by atoms with E-state index in [1.807, 2.05) is 24.3 Å². The van der Waals surface area contributed by atoms with Crippen molar-refractivity contribution in [3.8, 4) is 0 Å². The van der Waals surface area contributed by atoms with Crippen molar-refractivity contribution in [2.45, 2.75) is 31.2 Å². The molecule has 0 atom stereocenters. The van der Waals surface area contributed by atoms with Crippen LogP contribution < -0.4 is 5.32 Å². The topological polar surface area (TPSA) is 29.1 Å². The fraction of sp³-hybridized carbons (Fsp3) is 0.278. The molecule has 3 rings (SSSR count). The molecule has 0 heterocycles.